The van der Waals surface area contributed by atoms with Crippen molar-refractivity contribution in [3.8, 4) is 5.75 Å². The minimum Gasteiger partial charge on any atom is -0.494 e. The zero-order chi connectivity index (χ0) is 14.5. The van der Waals surface area contributed by atoms with Gasteiger partial charge in [0.15, 0.2) is 0 Å². The first-order valence-corrected chi connectivity index (χ1v) is 8.52. The Morgan fingerprint density at radius 1 is 1.29 bits per heavy atom. The van der Waals surface area contributed by atoms with E-state index in [4.69, 9.17) is 4.74 Å². The summed E-state index contributed by atoms with van der Waals surface area (Å²) in [6.45, 7) is 7.54. The largest absolute Gasteiger partial charge is 0.494 e. The number of hydrogen-bond donors (Lipinski definition) is 1. The van der Waals surface area contributed by atoms with Crippen LogP contribution in [0.3, 0.4) is 0 Å². The van der Waals surface area contributed by atoms with Crippen molar-refractivity contribution in [2.75, 3.05) is 26.2 Å². The molecule has 0 spiro atoms. The van der Waals surface area contributed by atoms with E-state index in [1.54, 1.807) is 0 Å². The Morgan fingerprint density at radius 2 is 2.24 bits per heavy atom. The van der Waals surface area contributed by atoms with Crippen molar-refractivity contribution in [1.82, 2.24) is 10.2 Å². The monoisotopic (exact) mass is 288 g/mol. The summed E-state index contributed by atoms with van der Waals surface area (Å²) in [6, 6.07) is 9.35. The number of rotatable bonds is 5. The molecule has 0 amide bonds. The molecule has 1 N–H and O–H groups in total. The van der Waals surface area contributed by atoms with Gasteiger partial charge in [0, 0.05) is 19.1 Å². The average Bonchev–Trinajstić information content (AvgIpc) is 3.03. The lowest BCUT2D eigenvalue weighted by molar-refractivity contribution is 0.145. The third-order valence-corrected chi connectivity index (χ3v) is 4.83. The van der Waals surface area contributed by atoms with E-state index in [2.05, 4.69) is 34.5 Å². The lowest BCUT2D eigenvalue weighted by Crippen LogP contribution is -2.43. The highest BCUT2D eigenvalue weighted by molar-refractivity contribution is 5.28. The Kier molecular flexibility index (Phi) is 5.15. The topological polar surface area (TPSA) is 24.5 Å². The van der Waals surface area contributed by atoms with Crippen LogP contribution in [0.4, 0.5) is 0 Å². The number of ether oxygens (including phenoxy) is 1. The van der Waals surface area contributed by atoms with E-state index in [0.29, 0.717) is 0 Å². The van der Waals surface area contributed by atoms with E-state index in [1.807, 2.05) is 6.92 Å². The molecule has 0 aliphatic carbocycles. The van der Waals surface area contributed by atoms with E-state index in [1.165, 1.54) is 50.9 Å². The molecule has 116 valence electrons. The quantitative estimate of drug-likeness (QED) is 0.901. The molecule has 0 radical (unpaired) electrons. The molecule has 0 saturated carbocycles. The molecule has 2 saturated heterocycles. The van der Waals surface area contributed by atoms with Crippen LogP contribution in [0.5, 0.6) is 5.75 Å². The molecule has 3 heteroatoms. The van der Waals surface area contributed by atoms with Crippen LogP contribution >= 0.6 is 0 Å². The fourth-order valence-corrected chi connectivity index (χ4v) is 3.84. The van der Waals surface area contributed by atoms with Gasteiger partial charge in [-0.1, -0.05) is 12.1 Å². The first kappa shape index (κ1) is 14.9. The lowest BCUT2D eigenvalue weighted by Gasteiger charge is -2.35. The van der Waals surface area contributed by atoms with E-state index < -0.39 is 0 Å². The summed E-state index contributed by atoms with van der Waals surface area (Å²) < 4.78 is 5.61. The second-order valence-corrected chi connectivity index (χ2v) is 6.42. The summed E-state index contributed by atoms with van der Waals surface area (Å²) in [5.74, 6) is 1.84. The number of hydrogen-bond acceptors (Lipinski definition) is 3. The first-order chi connectivity index (χ1) is 10.3. The SMILES string of the molecule is CCOc1cccc(CN2CCCC(C3CCCN3)C2)c1. The van der Waals surface area contributed by atoms with Gasteiger partial charge in [-0.05, 0) is 69.3 Å². The molecule has 2 heterocycles. The molecule has 1 aromatic rings. The van der Waals surface area contributed by atoms with Crippen LogP contribution < -0.4 is 10.1 Å². The first-order valence-electron chi connectivity index (χ1n) is 8.52. The standard InChI is InChI=1S/C18H28N2O/c1-2-21-17-8-3-6-15(12-17)13-20-11-5-7-16(14-20)18-9-4-10-19-18/h3,6,8,12,16,18-19H,2,4-5,7,9-11,13-14H2,1H3. The van der Waals surface area contributed by atoms with Gasteiger partial charge in [-0.3, -0.25) is 4.90 Å². The Bertz CT molecular complexity index is 443. The molecule has 0 bridgehead atoms. The maximum Gasteiger partial charge on any atom is 0.119 e. The van der Waals surface area contributed by atoms with Gasteiger partial charge in [0.25, 0.3) is 0 Å². The van der Waals surface area contributed by atoms with Crippen LogP contribution in [0.25, 0.3) is 0 Å². The maximum atomic E-state index is 5.61. The van der Waals surface area contributed by atoms with Crippen LogP contribution in [0.15, 0.2) is 24.3 Å². The van der Waals surface area contributed by atoms with E-state index in [0.717, 1.165) is 30.9 Å². The second kappa shape index (κ2) is 7.28. The molecule has 1 aromatic carbocycles. The zero-order valence-electron chi connectivity index (χ0n) is 13.2. The number of benzene rings is 1. The third kappa shape index (κ3) is 3.98. The van der Waals surface area contributed by atoms with Crippen molar-refractivity contribution >= 4 is 0 Å². The van der Waals surface area contributed by atoms with Gasteiger partial charge in [-0.2, -0.15) is 0 Å². The van der Waals surface area contributed by atoms with Crippen LogP contribution in [-0.2, 0) is 6.54 Å². The van der Waals surface area contributed by atoms with Crippen molar-refractivity contribution < 1.29 is 4.74 Å². The Morgan fingerprint density at radius 3 is 3.05 bits per heavy atom. The molecule has 2 atom stereocenters. The Hall–Kier alpha value is -1.06. The molecular weight excluding hydrogens is 260 g/mol. The fourth-order valence-electron chi connectivity index (χ4n) is 3.84. The molecule has 2 aliphatic heterocycles. The smallest absolute Gasteiger partial charge is 0.119 e. The normalized spacial score (nSPS) is 26.9. The van der Waals surface area contributed by atoms with Crippen LogP contribution in [0.2, 0.25) is 0 Å². The molecule has 2 aliphatic rings. The third-order valence-electron chi connectivity index (χ3n) is 4.83. The van der Waals surface area contributed by atoms with Crippen LogP contribution in [0.1, 0.15) is 38.2 Å². The summed E-state index contributed by atoms with van der Waals surface area (Å²) in [5.41, 5.74) is 1.38. The van der Waals surface area contributed by atoms with Gasteiger partial charge in [0.05, 0.1) is 6.61 Å². The Labute approximate surface area is 128 Å². The van der Waals surface area contributed by atoms with Crippen molar-refractivity contribution in [2.45, 2.75) is 45.2 Å². The highest BCUT2D eigenvalue weighted by atomic mass is 16.5. The highest BCUT2D eigenvalue weighted by Crippen LogP contribution is 2.26. The summed E-state index contributed by atoms with van der Waals surface area (Å²) in [4.78, 5) is 2.62. The second-order valence-electron chi connectivity index (χ2n) is 6.42. The number of nitrogens with zero attached hydrogens (tertiary/aromatic N) is 1. The van der Waals surface area contributed by atoms with Gasteiger partial charge in [0.1, 0.15) is 5.75 Å². The summed E-state index contributed by atoms with van der Waals surface area (Å²) in [6.07, 6.45) is 5.47. The molecule has 3 nitrogen and oxygen atoms in total. The average molecular weight is 288 g/mol. The van der Waals surface area contributed by atoms with Crippen LogP contribution in [-0.4, -0.2) is 37.2 Å². The summed E-state index contributed by atoms with van der Waals surface area (Å²) in [7, 11) is 0. The highest BCUT2D eigenvalue weighted by Gasteiger charge is 2.28. The predicted molar refractivity (Wildman–Crippen MR) is 86.6 cm³/mol. The summed E-state index contributed by atoms with van der Waals surface area (Å²) >= 11 is 0. The van der Waals surface area contributed by atoms with Crippen LogP contribution in [0, 0.1) is 5.92 Å². The van der Waals surface area contributed by atoms with Crippen molar-refractivity contribution in [2.24, 2.45) is 5.92 Å². The molecule has 2 fully saturated rings. The minimum absolute atomic E-state index is 0.739. The fraction of sp³-hybridized carbons (Fsp3) is 0.667. The predicted octanol–water partition coefficient (Wildman–Crippen LogP) is 3.05. The maximum absolute atomic E-state index is 5.61. The van der Waals surface area contributed by atoms with Gasteiger partial charge in [0.2, 0.25) is 0 Å². The van der Waals surface area contributed by atoms with Gasteiger partial charge >= 0.3 is 0 Å². The molecule has 21 heavy (non-hydrogen) atoms. The molecule has 2 unspecified atom stereocenters. The number of piperidine rings is 1. The van der Waals surface area contributed by atoms with Gasteiger partial charge in [-0.25, -0.2) is 0 Å². The minimum atomic E-state index is 0.739. The van der Waals surface area contributed by atoms with Gasteiger partial charge in [-0.15, -0.1) is 0 Å². The number of likely N-dealkylation sites (tertiary alicyclic amines) is 1. The van der Waals surface area contributed by atoms with Gasteiger partial charge < -0.3 is 10.1 Å². The number of nitrogens with one attached hydrogen (secondary N) is 1. The van der Waals surface area contributed by atoms with Crippen molar-refractivity contribution in [3.05, 3.63) is 29.8 Å². The molecule has 3 rings (SSSR count). The zero-order valence-corrected chi connectivity index (χ0v) is 13.2. The molecular formula is C18H28N2O. The lowest BCUT2D eigenvalue weighted by atomic mass is 9.89. The summed E-state index contributed by atoms with van der Waals surface area (Å²) in [5, 5.41) is 3.69. The Balaban J connectivity index is 1.57. The molecule has 0 aromatic heterocycles. The van der Waals surface area contributed by atoms with E-state index in [-0.39, 0.29) is 0 Å². The van der Waals surface area contributed by atoms with E-state index in [9.17, 15) is 0 Å². The van der Waals surface area contributed by atoms with E-state index >= 15 is 0 Å². The van der Waals surface area contributed by atoms with Crippen molar-refractivity contribution in [1.29, 1.82) is 0 Å². The van der Waals surface area contributed by atoms with Crippen molar-refractivity contribution in [3.63, 3.8) is 0 Å².